The molecule has 0 atom stereocenters. The lowest BCUT2D eigenvalue weighted by Crippen LogP contribution is -2.28. The third kappa shape index (κ3) is 6.02. The molecule has 3 N–H and O–H groups in total. The summed E-state index contributed by atoms with van der Waals surface area (Å²) in [5, 5.41) is 17.4. The minimum Gasteiger partial charge on any atom is -0.457 e. The first-order valence-electron chi connectivity index (χ1n) is 10.1. The minimum atomic E-state index is -0.153. The SMILES string of the molecule is O=C(NCCNc1ccc(Nc2cccnc2)nn1)c1ccc(Oc2ccccc2)cc1. The number of carbonyl (C=O) groups excluding carboxylic acids is 1. The number of amides is 1. The van der Waals surface area contributed by atoms with Gasteiger partial charge in [-0.2, -0.15) is 0 Å². The van der Waals surface area contributed by atoms with Crippen molar-refractivity contribution in [1.82, 2.24) is 20.5 Å². The van der Waals surface area contributed by atoms with E-state index in [1.165, 1.54) is 0 Å². The van der Waals surface area contributed by atoms with Crippen LogP contribution in [-0.2, 0) is 0 Å². The summed E-state index contributed by atoms with van der Waals surface area (Å²) < 4.78 is 5.74. The maximum Gasteiger partial charge on any atom is 0.251 e. The molecule has 0 bridgehead atoms. The molecule has 0 spiro atoms. The van der Waals surface area contributed by atoms with Crippen LogP contribution < -0.4 is 20.7 Å². The molecule has 0 aliphatic rings. The number of para-hydroxylation sites is 1. The monoisotopic (exact) mass is 426 g/mol. The molecule has 4 rings (SSSR count). The number of rotatable bonds is 9. The molecule has 1 amide bonds. The van der Waals surface area contributed by atoms with Gasteiger partial charge in [0.1, 0.15) is 17.3 Å². The summed E-state index contributed by atoms with van der Waals surface area (Å²) in [5.74, 6) is 2.52. The summed E-state index contributed by atoms with van der Waals surface area (Å²) >= 11 is 0. The Morgan fingerprint density at radius 1 is 0.781 bits per heavy atom. The van der Waals surface area contributed by atoms with Gasteiger partial charge in [-0.15, -0.1) is 10.2 Å². The van der Waals surface area contributed by atoms with E-state index in [0.29, 0.717) is 36.0 Å². The Balaban J connectivity index is 1.19. The summed E-state index contributed by atoms with van der Waals surface area (Å²) in [6.45, 7) is 0.962. The van der Waals surface area contributed by atoms with Gasteiger partial charge in [0.2, 0.25) is 0 Å². The van der Waals surface area contributed by atoms with Crippen LogP contribution in [0.15, 0.2) is 91.3 Å². The molecule has 32 heavy (non-hydrogen) atoms. The van der Waals surface area contributed by atoms with E-state index in [-0.39, 0.29) is 5.91 Å². The summed E-state index contributed by atoms with van der Waals surface area (Å²) in [4.78, 5) is 16.4. The molecule has 0 aliphatic heterocycles. The highest BCUT2D eigenvalue weighted by Gasteiger charge is 2.06. The first kappa shape index (κ1) is 20.8. The standard InChI is InChI=1S/C24H22N6O2/c31-24(18-8-10-21(11-9-18)32-20-6-2-1-3-7-20)27-16-15-26-22-12-13-23(30-29-22)28-19-5-4-14-25-17-19/h1-14,17H,15-16H2,(H,26,29)(H,27,31)(H,28,30). The van der Waals surface area contributed by atoms with E-state index >= 15 is 0 Å². The fourth-order valence-electron chi connectivity index (χ4n) is 2.85. The van der Waals surface area contributed by atoms with Crippen LogP contribution in [0.4, 0.5) is 17.3 Å². The molecule has 0 aliphatic carbocycles. The van der Waals surface area contributed by atoms with E-state index in [1.807, 2.05) is 54.6 Å². The molecule has 2 aromatic heterocycles. The zero-order valence-electron chi connectivity index (χ0n) is 17.2. The van der Waals surface area contributed by atoms with E-state index < -0.39 is 0 Å². The molecule has 0 fully saturated rings. The molecule has 0 radical (unpaired) electrons. The number of ether oxygens (including phenoxy) is 1. The lowest BCUT2D eigenvalue weighted by molar-refractivity contribution is 0.0955. The predicted octanol–water partition coefficient (Wildman–Crippen LogP) is 4.25. The van der Waals surface area contributed by atoms with Crippen LogP contribution in [0, 0.1) is 0 Å². The Morgan fingerprint density at radius 3 is 2.25 bits per heavy atom. The molecule has 0 saturated heterocycles. The number of anilines is 3. The van der Waals surface area contributed by atoms with Crippen LogP contribution in [0.5, 0.6) is 11.5 Å². The van der Waals surface area contributed by atoms with Crippen molar-refractivity contribution in [3.05, 3.63) is 96.8 Å². The number of benzene rings is 2. The van der Waals surface area contributed by atoms with Gasteiger partial charge in [-0.1, -0.05) is 18.2 Å². The first-order valence-corrected chi connectivity index (χ1v) is 10.1. The van der Waals surface area contributed by atoms with Gasteiger partial charge in [0.15, 0.2) is 5.82 Å². The lowest BCUT2D eigenvalue weighted by atomic mass is 10.2. The van der Waals surface area contributed by atoms with Crippen LogP contribution in [-0.4, -0.2) is 34.2 Å². The van der Waals surface area contributed by atoms with E-state index in [9.17, 15) is 4.79 Å². The molecular formula is C24H22N6O2. The minimum absolute atomic E-state index is 0.153. The topological polar surface area (TPSA) is 101 Å². The molecule has 0 unspecified atom stereocenters. The molecule has 0 saturated carbocycles. The van der Waals surface area contributed by atoms with Crippen molar-refractivity contribution in [3.8, 4) is 11.5 Å². The summed E-state index contributed by atoms with van der Waals surface area (Å²) in [7, 11) is 0. The molecule has 160 valence electrons. The van der Waals surface area contributed by atoms with E-state index in [0.717, 1.165) is 11.4 Å². The van der Waals surface area contributed by atoms with Crippen molar-refractivity contribution in [1.29, 1.82) is 0 Å². The van der Waals surface area contributed by atoms with Gasteiger partial charge in [0.25, 0.3) is 5.91 Å². The molecule has 8 heteroatoms. The van der Waals surface area contributed by atoms with Crippen molar-refractivity contribution in [2.24, 2.45) is 0 Å². The van der Waals surface area contributed by atoms with E-state index in [2.05, 4.69) is 31.1 Å². The number of aromatic nitrogens is 3. The fourth-order valence-corrected chi connectivity index (χ4v) is 2.85. The second-order valence-electron chi connectivity index (χ2n) is 6.79. The van der Waals surface area contributed by atoms with Crippen LogP contribution in [0.25, 0.3) is 0 Å². The number of nitrogens with one attached hydrogen (secondary N) is 3. The normalized spacial score (nSPS) is 10.2. The quantitative estimate of drug-likeness (QED) is 0.344. The lowest BCUT2D eigenvalue weighted by Gasteiger charge is -2.09. The summed E-state index contributed by atoms with van der Waals surface area (Å²) in [5.41, 5.74) is 1.40. The number of hydrogen-bond donors (Lipinski definition) is 3. The molecular weight excluding hydrogens is 404 g/mol. The highest BCUT2D eigenvalue weighted by atomic mass is 16.5. The molecule has 4 aromatic rings. The van der Waals surface area contributed by atoms with Crippen molar-refractivity contribution in [2.45, 2.75) is 0 Å². The molecule has 2 aromatic carbocycles. The Bertz CT molecular complexity index is 1120. The van der Waals surface area contributed by atoms with E-state index in [4.69, 9.17) is 4.74 Å². The molecule has 8 nitrogen and oxygen atoms in total. The van der Waals surface area contributed by atoms with Crippen molar-refractivity contribution in [2.75, 3.05) is 23.7 Å². The summed E-state index contributed by atoms with van der Waals surface area (Å²) in [6, 6.07) is 23.9. The molecule has 2 heterocycles. The van der Waals surface area contributed by atoms with Gasteiger partial charge in [-0.3, -0.25) is 9.78 Å². The average molecular weight is 426 g/mol. The highest BCUT2D eigenvalue weighted by Crippen LogP contribution is 2.21. The number of pyridine rings is 1. The van der Waals surface area contributed by atoms with Gasteiger partial charge in [0.05, 0.1) is 11.9 Å². The smallest absolute Gasteiger partial charge is 0.251 e. The second kappa shape index (κ2) is 10.5. The van der Waals surface area contributed by atoms with Gasteiger partial charge in [-0.05, 0) is 60.7 Å². The van der Waals surface area contributed by atoms with Gasteiger partial charge >= 0.3 is 0 Å². The van der Waals surface area contributed by atoms with Crippen LogP contribution in [0.1, 0.15) is 10.4 Å². The Hall–Kier alpha value is -4.46. The predicted molar refractivity (Wildman–Crippen MR) is 123 cm³/mol. The number of nitrogens with zero attached hydrogens (tertiary/aromatic N) is 3. The maximum atomic E-state index is 12.3. The fraction of sp³-hybridized carbons (Fsp3) is 0.0833. The van der Waals surface area contributed by atoms with Crippen LogP contribution in [0.3, 0.4) is 0 Å². The van der Waals surface area contributed by atoms with Gasteiger partial charge in [0, 0.05) is 24.8 Å². The second-order valence-corrected chi connectivity index (χ2v) is 6.79. The average Bonchev–Trinajstić information content (AvgIpc) is 2.84. The van der Waals surface area contributed by atoms with Crippen molar-refractivity contribution >= 4 is 23.2 Å². The summed E-state index contributed by atoms with van der Waals surface area (Å²) in [6.07, 6.45) is 3.42. The third-order valence-electron chi connectivity index (χ3n) is 4.41. The van der Waals surface area contributed by atoms with Crippen molar-refractivity contribution < 1.29 is 9.53 Å². The zero-order valence-corrected chi connectivity index (χ0v) is 17.2. The highest BCUT2D eigenvalue weighted by molar-refractivity contribution is 5.94. The van der Waals surface area contributed by atoms with Crippen LogP contribution in [0.2, 0.25) is 0 Å². The maximum absolute atomic E-state index is 12.3. The van der Waals surface area contributed by atoms with Gasteiger partial charge in [-0.25, -0.2) is 0 Å². The number of carbonyl (C=O) groups is 1. The zero-order chi connectivity index (χ0) is 22.0. The first-order chi connectivity index (χ1) is 15.8. The number of hydrogen-bond acceptors (Lipinski definition) is 7. The van der Waals surface area contributed by atoms with Crippen molar-refractivity contribution in [3.63, 3.8) is 0 Å². The van der Waals surface area contributed by atoms with Crippen LogP contribution >= 0.6 is 0 Å². The Kier molecular flexibility index (Phi) is 6.85. The third-order valence-corrected chi connectivity index (χ3v) is 4.41. The largest absolute Gasteiger partial charge is 0.457 e. The Labute approximate surface area is 185 Å². The van der Waals surface area contributed by atoms with E-state index in [1.54, 1.807) is 36.7 Å². The van der Waals surface area contributed by atoms with Gasteiger partial charge < -0.3 is 20.7 Å². The Morgan fingerprint density at radius 2 is 1.53 bits per heavy atom.